The first-order chi connectivity index (χ1) is 21.2. The maximum Gasteiger partial charge on any atom is 0.197 e. The van der Waals surface area contributed by atoms with Crippen LogP contribution in [-0.4, -0.2) is 9.13 Å². The zero-order chi connectivity index (χ0) is 28.7. The summed E-state index contributed by atoms with van der Waals surface area (Å²) in [6.07, 6.45) is 0. The first kappa shape index (κ1) is 23.7. The molecule has 0 aliphatic heterocycles. The Bertz CT molecular complexity index is 2570. The fraction of sp³-hybridized carbons (Fsp3) is 0. The zero-order valence-corrected chi connectivity index (χ0v) is 23.1. The quantitative estimate of drug-likeness (QED) is 0.174. The average Bonchev–Trinajstić information content (AvgIpc) is 3.70. The van der Waals surface area contributed by atoms with E-state index in [0.717, 1.165) is 60.5 Å². The molecular formula is C38H25N3O2. The van der Waals surface area contributed by atoms with E-state index in [1.54, 1.807) is 0 Å². The van der Waals surface area contributed by atoms with Gasteiger partial charge in [0.2, 0.25) is 0 Å². The van der Waals surface area contributed by atoms with E-state index in [0.29, 0.717) is 17.3 Å². The van der Waals surface area contributed by atoms with Crippen LogP contribution in [0.3, 0.4) is 0 Å². The van der Waals surface area contributed by atoms with Crippen LogP contribution in [0.5, 0.6) is 5.75 Å². The molecule has 9 rings (SSSR count). The van der Waals surface area contributed by atoms with Gasteiger partial charge in [0.15, 0.2) is 11.6 Å². The monoisotopic (exact) mass is 555 g/mol. The number of nitrogen functional groups attached to an aromatic ring is 1. The summed E-state index contributed by atoms with van der Waals surface area (Å²) in [6, 6.07) is 43.6. The molecular weight excluding hydrogens is 530 g/mol. The molecule has 0 spiro atoms. The molecule has 0 aliphatic rings. The van der Waals surface area contributed by atoms with Crippen LogP contribution in [0.25, 0.3) is 77.1 Å². The lowest BCUT2D eigenvalue weighted by Crippen LogP contribution is -2.04. The lowest BCUT2D eigenvalue weighted by molar-refractivity contribution is 0.495. The molecule has 43 heavy (non-hydrogen) atoms. The average molecular weight is 556 g/mol. The molecule has 2 N–H and O–H groups in total. The largest absolute Gasteiger partial charge is 0.456 e. The van der Waals surface area contributed by atoms with Gasteiger partial charge in [0.25, 0.3) is 0 Å². The minimum absolute atomic E-state index is 0.456. The number of benzene rings is 6. The van der Waals surface area contributed by atoms with Gasteiger partial charge in [-0.2, -0.15) is 0 Å². The summed E-state index contributed by atoms with van der Waals surface area (Å²) < 4.78 is 17.2. The van der Waals surface area contributed by atoms with E-state index in [-0.39, 0.29) is 0 Å². The summed E-state index contributed by atoms with van der Waals surface area (Å²) in [6.45, 7) is 4.46. The first-order valence-electron chi connectivity index (χ1n) is 14.3. The van der Waals surface area contributed by atoms with Crippen LogP contribution in [0.4, 0.5) is 5.69 Å². The summed E-state index contributed by atoms with van der Waals surface area (Å²) in [5, 5.41) is 6.44. The Morgan fingerprint density at radius 2 is 1.28 bits per heavy atom. The molecule has 6 aromatic carbocycles. The molecule has 0 aliphatic carbocycles. The van der Waals surface area contributed by atoms with Crippen LogP contribution >= 0.6 is 0 Å². The van der Waals surface area contributed by atoms with Crippen LogP contribution < -0.4 is 10.5 Å². The van der Waals surface area contributed by atoms with Crippen molar-refractivity contribution in [2.75, 3.05) is 5.73 Å². The number of anilines is 1. The normalized spacial score (nSPS) is 11.9. The third-order valence-corrected chi connectivity index (χ3v) is 8.48. The minimum atomic E-state index is 0.456. The van der Waals surface area contributed by atoms with Crippen LogP contribution in [0.2, 0.25) is 0 Å². The van der Waals surface area contributed by atoms with Crippen LogP contribution in [-0.2, 0) is 0 Å². The summed E-state index contributed by atoms with van der Waals surface area (Å²) in [5.74, 6) is 0.996. The molecule has 9 aromatic rings. The Morgan fingerprint density at radius 3 is 2.12 bits per heavy atom. The summed E-state index contributed by atoms with van der Waals surface area (Å²) in [4.78, 5) is 0. The maximum absolute atomic E-state index is 6.65. The van der Waals surface area contributed by atoms with Crippen molar-refractivity contribution < 1.29 is 9.15 Å². The number of para-hydroxylation sites is 4. The second-order valence-electron chi connectivity index (χ2n) is 10.8. The third kappa shape index (κ3) is 3.27. The fourth-order valence-corrected chi connectivity index (χ4v) is 6.70. The molecule has 0 saturated carbocycles. The third-order valence-electron chi connectivity index (χ3n) is 8.48. The second-order valence-corrected chi connectivity index (χ2v) is 10.8. The highest BCUT2D eigenvalue weighted by Gasteiger charge is 2.23. The molecule has 0 saturated heterocycles. The number of nitrogens with zero attached hydrogens (tertiary/aromatic N) is 2. The lowest BCUT2D eigenvalue weighted by Gasteiger charge is -2.15. The van der Waals surface area contributed by atoms with Crippen LogP contribution in [0.1, 0.15) is 0 Å². The molecule has 0 amide bonds. The molecule has 5 nitrogen and oxygen atoms in total. The molecule has 0 radical (unpaired) electrons. The van der Waals surface area contributed by atoms with Gasteiger partial charge in [0, 0.05) is 32.6 Å². The second kappa shape index (κ2) is 8.78. The number of hydrogen-bond donors (Lipinski definition) is 1. The SMILES string of the molecule is C=C(Oc1c(N)ccc2oc3ccccc3c12)n1c2ccccc2c2c1ccc1c3ccccc3n(-c3ccccc3)c12. The van der Waals surface area contributed by atoms with E-state index in [1.165, 1.54) is 10.8 Å². The van der Waals surface area contributed by atoms with E-state index in [2.05, 4.69) is 101 Å². The highest BCUT2D eigenvalue weighted by molar-refractivity contribution is 6.26. The van der Waals surface area contributed by atoms with Crippen LogP contribution in [0.15, 0.2) is 138 Å². The van der Waals surface area contributed by atoms with Gasteiger partial charge in [0.05, 0.1) is 33.1 Å². The lowest BCUT2D eigenvalue weighted by atomic mass is 10.1. The van der Waals surface area contributed by atoms with Gasteiger partial charge in [0.1, 0.15) is 11.2 Å². The number of hydrogen-bond acceptors (Lipinski definition) is 3. The van der Waals surface area contributed by atoms with Gasteiger partial charge in [-0.1, -0.05) is 78.9 Å². The van der Waals surface area contributed by atoms with E-state index < -0.39 is 0 Å². The van der Waals surface area contributed by atoms with Crippen molar-refractivity contribution in [1.82, 2.24) is 9.13 Å². The number of ether oxygens (including phenoxy) is 1. The van der Waals surface area contributed by atoms with Crippen LogP contribution in [0, 0.1) is 0 Å². The predicted molar refractivity (Wildman–Crippen MR) is 178 cm³/mol. The molecule has 3 aromatic heterocycles. The highest BCUT2D eigenvalue weighted by atomic mass is 16.5. The van der Waals surface area contributed by atoms with E-state index in [9.17, 15) is 0 Å². The van der Waals surface area contributed by atoms with Crippen molar-refractivity contribution >= 4 is 77.1 Å². The fourth-order valence-electron chi connectivity index (χ4n) is 6.70. The highest BCUT2D eigenvalue weighted by Crippen LogP contribution is 2.44. The van der Waals surface area contributed by atoms with E-state index in [4.69, 9.17) is 14.9 Å². The van der Waals surface area contributed by atoms with Crippen molar-refractivity contribution in [3.8, 4) is 11.4 Å². The molecule has 0 bridgehead atoms. The number of fused-ring (bicyclic) bond motifs is 10. The Labute approximate surface area is 246 Å². The van der Waals surface area contributed by atoms with Crippen molar-refractivity contribution in [3.63, 3.8) is 0 Å². The number of furan rings is 1. The van der Waals surface area contributed by atoms with E-state index >= 15 is 0 Å². The van der Waals surface area contributed by atoms with Gasteiger partial charge in [-0.25, -0.2) is 0 Å². The molecule has 0 fully saturated rings. The molecule has 0 unspecified atom stereocenters. The van der Waals surface area contributed by atoms with Gasteiger partial charge < -0.3 is 19.5 Å². The predicted octanol–water partition coefficient (Wildman–Crippen LogP) is 9.88. The maximum atomic E-state index is 6.65. The number of aromatic nitrogens is 2. The first-order valence-corrected chi connectivity index (χ1v) is 14.3. The Morgan fingerprint density at radius 1 is 0.581 bits per heavy atom. The van der Waals surface area contributed by atoms with Crippen molar-refractivity contribution in [3.05, 3.63) is 134 Å². The standard InChI is InChI=1S/C38H25N3O2/c1-23(42-38-29(39)20-22-34-36(38)28-15-7-10-18-33(28)43-34)40-31-17-9-6-14-27(31)35-32(40)21-19-26-25-13-5-8-16-30(25)41(37(26)35)24-11-3-2-4-12-24/h2-22H,1,39H2. The topological polar surface area (TPSA) is 58.2 Å². The minimum Gasteiger partial charge on any atom is -0.456 e. The molecule has 204 valence electrons. The summed E-state index contributed by atoms with van der Waals surface area (Å²) in [7, 11) is 0. The number of rotatable bonds is 4. The van der Waals surface area contributed by atoms with Gasteiger partial charge in [-0.15, -0.1) is 0 Å². The van der Waals surface area contributed by atoms with Crippen molar-refractivity contribution in [1.29, 1.82) is 0 Å². The van der Waals surface area contributed by atoms with Crippen molar-refractivity contribution in [2.45, 2.75) is 0 Å². The molecule has 3 heterocycles. The Kier molecular flexibility index (Phi) is 4.85. The summed E-state index contributed by atoms with van der Waals surface area (Å²) in [5.41, 5.74) is 14.0. The van der Waals surface area contributed by atoms with Crippen molar-refractivity contribution in [2.24, 2.45) is 0 Å². The summed E-state index contributed by atoms with van der Waals surface area (Å²) >= 11 is 0. The smallest absolute Gasteiger partial charge is 0.197 e. The zero-order valence-electron chi connectivity index (χ0n) is 23.1. The van der Waals surface area contributed by atoms with E-state index in [1.807, 2.05) is 42.5 Å². The Balaban J connectivity index is 1.34. The molecule has 5 heteroatoms. The molecule has 0 atom stereocenters. The van der Waals surface area contributed by atoms with Gasteiger partial charge >= 0.3 is 0 Å². The number of nitrogens with two attached hydrogens (primary N) is 1. The Hall–Kier alpha value is -5.94. The van der Waals surface area contributed by atoms with Gasteiger partial charge in [-0.05, 0) is 55.1 Å². The van der Waals surface area contributed by atoms with Gasteiger partial charge in [-0.3, -0.25) is 4.57 Å².